The zero-order valence-electron chi connectivity index (χ0n) is 14.8. The third-order valence-electron chi connectivity index (χ3n) is 3.97. The van der Waals surface area contributed by atoms with Crippen molar-refractivity contribution >= 4 is 17.4 Å². The van der Waals surface area contributed by atoms with Crippen LogP contribution in [0.5, 0.6) is 0 Å². The summed E-state index contributed by atoms with van der Waals surface area (Å²) < 4.78 is 26.6. The normalized spacial score (nSPS) is 10.7. The van der Waals surface area contributed by atoms with Crippen molar-refractivity contribution in [3.05, 3.63) is 64.9 Å². The molecule has 0 aliphatic heterocycles. The van der Waals surface area contributed by atoms with E-state index in [-0.39, 0.29) is 11.5 Å². The maximum Gasteiger partial charge on any atom is 0.293 e. The van der Waals surface area contributed by atoms with Crippen LogP contribution in [0.1, 0.15) is 27.4 Å². The predicted molar refractivity (Wildman–Crippen MR) is 96.6 cm³/mol. The molecule has 0 fully saturated rings. The topological polar surface area (TPSA) is 95.6 Å². The highest BCUT2D eigenvalue weighted by Gasteiger charge is 2.15. The van der Waals surface area contributed by atoms with Gasteiger partial charge in [-0.1, -0.05) is 0 Å². The van der Waals surface area contributed by atoms with E-state index in [1.807, 2.05) is 6.92 Å². The van der Waals surface area contributed by atoms with Gasteiger partial charge in [0.1, 0.15) is 17.5 Å². The molecule has 3 N–H and O–H groups in total. The number of aromatic amines is 1. The van der Waals surface area contributed by atoms with Gasteiger partial charge in [-0.15, -0.1) is 0 Å². The lowest BCUT2D eigenvalue weighted by Crippen LogP contribution is -2.19. The predicted octanol–water partition coefficient (Wildman–Crippen LogP) is 3.00. The Morgan fingerprint density at radius 3 is 2.56 bits per heavy atom. The lowest BCUT2D eigenvalue weighted by atomic mass is 10.2. The molecule has 9 heteroatoms. The summed E-state index contributed by atoms with van der Waals surface area (Å²) in [5.41, 5.74) is 2.48. The van der Waals surface area contributed by atoms with Crippen LogP contribution in [0.15, 0.2) is 30.6 Å². The summed E-state index contributed by atoms with van der Waals surface area (Å²) in [5.74, 6) is -1.78. The number of hydrogen-bond acceptors (Lipinski definition) is 5. The van der Waals surface area contributed by atoms with Crippen LogP contribution in [-0.2, 0) is 6.42 Å². The van der Waals surface area contributed by atoms with Crippen LogP contribution in [0.4, 0.5) is 20.3 Å². The number of H-pyrrole nitrogens is 1. The van der Waals surface area contributed by atoms with Gasteiger partial charge >= 0.3 is 0 Å². The molecule has 3 rings (SSSR count). The Hall–Kier alpha value is -3.36. The molecule has 1 aromatic carbocycles. The standard InChI is InChI=1S/C18H18F2N6O/c1-10-11(2)24-17(18(27)25-15-6-13(19)5-14(20)7-15)26-16(10)21-4-3-12-8-22-23-9-12/h5-9H,3-4H2,1-2H3,(H,22,23)(H,25,27)(H,21,24,26). The highest BCUT2D eigenvalue weighted by atomic mass is 19.1. The molecule has 0 saturated heterocycles. The van der Waals surface area contributed by atoms with Crippen LogP contribution in [-0.4, -0.2) is 32.6 Å². The van der Waals surface area contributed by atoms with Gasteiger partial charge in [0.05, 0.1) is 6.20 Å². The summed E-state index contributed by atoms with van der Waals surface area (Å²) >= 11 is 0. The van der Waals surface area contributed by atoms with E-state index in [2.05, 4.69) is 30.8 Å². The Kier molecular flexibility index (Phi) is 5.39. The number of anilines is 2. The van der Waals surface area contributed by atoms with Crippen LogP contribution in [0.25, 0.3) is 0 Å². The molecule has 0 radical (unpaired) electrons. The molecule has 3 aromatic rings. The Morgan fingerprint density at radius 1 is 1.15 bits per heavy atom. The summed E-state index contributed by atoms with van der Waals surface area (Å²) in [4.78, 5) is 20.8. The van der Waals surface area contributed by atoms with Crippen LogP contribution in [0.3, 0.4) is 0 Å². The summed E-state index contributed by atoms with van der Waals surface area (Å²) in [6.07, 6.45) is 4.26. The van der Waals surface area contributed by atoms with Crippen molar-refractivity contribution in [3.63, 3.8) is 0 Å². The van der Waals surface area contributed by atoms with Gasteiger partial charge in [0.25, 0.3) is 5.91 Å². The van der Waals surface area contributed by atoms with Crippen LogP contribution < -0.4 is 10.6 Å². The number of rotatable bonds is 6. The average Bonchev–Trinajstić information content (AvgIpc) is 3.11. The van der Waals surface area contributed by atoms with E-state index in [0.717, 1.165) is 35.7 Å². The summed E-state index contributed by atoms with van der Waals surface area (Å²) in [5, 5.41) is 12.2. The van der Waals surface area contributed by atoms with Crippen molar-refractivity contribution in [2.45, 2.75) is 20.3 Å². The molecule has 7 nitrogen and oxygen atoms in total. The first-order chi connectivity index (χ1) is 12.9. The van der Waals surface area contributed by atoms with Crippen molar-refractivity contribution in [1.82, 2.24) is 20.2 Å². The summed E-state index contributed by atoms with van der Waals surface area (Å²) in [7, 11) is 0. The van der Waals surface area contributed by atoms with Gasteiger partial charge in [-0.25, -0.2) is 18.7 Å². The first-order valence-corrected chi connectivity index (χ1v) is 8.26. The quantitative estimate of drug-likeness (QED) is 0.618. The molecule has 0 atom stereocenters. The molecule has 2 aromatic heterocycles. The monoisotopic (exact) mass is 372 g/mol. The number of hydrogen-bond donors (Lipinski definition) is 3. The number of benzene rings is 1. The van der Waals surface area contributed by atoms with Crippen LogP contribution in [0.2, 0.25) is 0 Å². The minimum Gasteiger partial charge on any atom is -0.369 e. The van der Waals surface area contributed by atoms with Crippen molar-refractivity contribution in [2.24, 2.45) is 0 Å². The second kappa shape index (κ2) is 7.90. The summed E-state index contributed by atoms with van der Waals surface area (Å²) in [6.45, 7) is 4.20. The average molecular weight is 372 g/mol. The molecule has 0 bridgehead atoms. The molecule has 27 heavy (non-hydrogen) atoms. The van der Waals surface area contributed by atoms with E-state index in [9.17, 15) is 13.6 Å². The third-order valence-corrected chi connectivity index (χ3v) is 3.97. The largest absolute Gasteiger partial charge is 0.369 e. The van der Waals surface area contributed by atoms with Gasteiger partial charge in [-0.2, -0.15) is 5.10 Å². The van der Waals surface area contributed by atoms with Gasteiger partial charge in [0.2, 0.25) is 5.82 Å². The number of amides is 1. The van der Waals surface area contributed by atoms with Crippen molar-refractivity contribution in [3.8, 4) is 0 Å². The fourth-order valence-electron chi connectivity index (χ4n) is 2.46. The lowest BCUT2D eigenvalue weighted by Gasteiger charge is -2.12. The Labute approximate surface area is 154 Å². The number of aromatic nitrogens is 4. The highest BCUT2D eigenvalue weighted by Crippen LogP contribution is 2.17. The second-order valence-corrected chi connectivity index (χ2v) is 6.00. The molecule has 0 aliphatic rings. The SMILES string of the molecule is Cc1nc(C(=O)Nc2cc(F)cc(F)c2)nc(NCCc2cn[nH]c2)c1C. The molecule has 0 saturated carbocycles. The van der Waals surface area contributed by atoms with Gasteiger partial charge in [0.15, 0.2) is 0 Å². The first kappa shape index (κ1) is 18.4. The minimum atomic E-state index is -0.784. The summed E-state index contributed by atoms with van der Waals surface area (Å²) in [6, 6.07) is 2.77. The smallest absolute Gasteiger partial charge is 0.293 e. The van der Waals surface area contributed by atoms with Crippen molar-refractivity contribution in [2.75, 3.05) is 17.2 Å². The van der Waals surface area contributed by atoms with E-state index in [1.54, 1.807) is 19.3 Å². The van der Waals surface area contributed by atoms with Gasteiger partial charge in [-0.3, -0.25) is 9.89 Å². The van der Waals surface area contributed by atoms with Gasteiger partial charge in [0, 0.05) is 35.8 Å². The highest BCUT2D eigenvalue weighted by molar-refractivity contribution is 6.01. The molecular formula is C18H18F2N6O. The third kappa shape index (κ3) is 4.63. The number of nitrogens with zero attached hydrogens (tertiary/aromatic N) is 3. The number of nitrogens with one attached hydrogen (secondary N) is 3. The first-order valence-electron chi connectivity index (χ1n) is 8.26. The van der Waals surface area contributed by atoms with Crippen LogP contribution in [0, 0.1) is 25.5 Å². The van der Waals surface area contributed by atoms with E-state index in [4.69, 9.17) is 0 Å². The Balaban J connectivity index is 1.74. The molecule has 0 spiro atoms. The molecule has 2 heterocycles. The van der Waals surface area contributed by atoms with Gasteiger partial charge < -0.3 is 10.6 Å². The lowest BCUT2D eigenvalue weighted by molar-refractivity contribution is 0.101. The molecule has 140 valence electrons. The molecule has 0 unspecified atom stereocenters. The fourth-order valence-corrected chi connectivity index (χ4v) is 2.46. The zero-order valence-corrected chi connectivity index (χ0v) is 14.8. The zero-order chi connectivity index (χ0) is 19.4. The van der Waals surface area contributed by atoms with E-state index >= 15 is 0 Å². The van der Waals surface area contributed by atoms with E-state index in [1.165, 1.54) is 0 Å². The maximum atomic E-state index is 13.3. The van der Waals surface area contributed by atoms with Crippen molar-refractivity contribution < 1.29 is 13.6 Å². The van der Waals surface area contributed by atoms with E-state index < -0.39 is 17.5 Å². The molecule has 0 aliphatic carbocycles. The van der Waals surface area contributed by atoms with Crippen LogP contribution >= 0.6 is 0 Å². The minimum absolute atomic E-state index is 0.00575. The number of halogens is 2. The fraction of sp³-hybridized carbons (Fsp3) is 0.222. The number of carbonyl (C=O) groups excluding carboxylic acids is 1. The van der Waals surface area contributed by atoms with Gasteiger partial charge in [-0.05, 0) is 38.0 Å². The Morgan fingerprint density at radius 2 is 1.89 bits per heavy atom. The maximum absolute atomic E-state index is 13.3. The Bertz CT molecular complexity index is 938. The second-order valence-electron chi connectivity index (χ2n) is 6.00. The molecular weight excluding hydrogens is 354 g/mol. The number of aryl methyl sites for hydroxylation is 1. The number of carbonyl (C=O) groups is 1. The molecule has 1 amide bonds. The van der Waals surface area contributed by atoms with Crippen molar-refractivity contribution in [1.29, 1.82) is 0 Å². The van der Waals surface area contributed by atoms with E-state index in [0.29, 0.717) is 18.1 Å².